The van der Waals surface area contributed by atoms with E-state index in [0.717, 1.165) is 4.90 Å². The molecule has 4 rings (SSSR count). The molecule has 4 aromatic rings. The maximum absolute atomic E-state index is 13.3. The monoisotopic (exact) mass is 581 g/mol. The Morgan fingerprint density at radius 3 is 2.19 bits per heavy atom. The van der Waals surface area contributed by atoms with E-state index in [4.69, 9.17) is 9.47 Å². The zero-order valence-electron chi connectivity index (χ0n) is 23.3. The third-order valence-corrected chi connectivity index (χ3v) is 6.91. The SMILES string of the molecule is CCOc1ccccc1NC(=O)CSc1ccc(NC(=O)/C(=C/c2ccc(OC)cc2)NC(=O)c2ccccc2)cc1. The van der Waals surface area contributed by atoms with Crippen molar-refractivity contribution in [2.75, 3.05) is 30.1 Å². The number of hydrogen-bond acceptors (Lipinski definition) is 6. The van der Waals surface area contributed by atoms with Crippen molar-refractivity contribution in [2.24, 2.45) is 0 Å². The first-order chi connectivity index (χ1) is 20.4. The number of para-hydroxylation sites is 2. The molecule has 3 N–H and O–H groups in total. The predicted octanol–water partition coefficient (Wildman–Crippen LogP) is 6.23. The number of anilines is 2. The largest absolute Gasteiger partial charge is 0.497 e. The molecule has 4 aromatic carbocycles. The topological polar surface area (TPSA) is 106 Å². The number of benzene rings is 4. The number of hydrogen-bond donors (Lipinski definition) is 3. The van der Waals surface area contributed by atoms with Crippen LogP contribution in [0.5, 0.6) is 11.5 Å². The van der Waals surface area contributed by atoms with Gasteiger partial charge in [-0.2, -0.15) is 0 Å². The van der Waals surface area contributed by atoms with Gasteiger partial charge in [0, 0.05) is 16.1 Å². The third kappa shape index (κ3) is 8.74. The molecule has 3 amide bonds. The summed E-state index contributed by atoms with van der Waals surface area (Å²) in [7, 11) is 1.57. The van der Waals surface area contributed by atoms with Gasteiger partial charge in [-0.05, 0) is 79.2 Å². The van der Waals surface area contributed by atoms with Crippen molar-refractivity contribution in [3.63, 3.8) is 0 Å². The normalized spacial score (nSPS) is 10.9. The number of carbonyl (C=O) groups excluding carboxylic acids is 3. The molecule has 0 aromatic heterocycles. The van der Waals surface area contributed by atoms with E-state index in [0.29, 0.717) is 40.6 Å². The molecule has 0 aliphatic carbocycles. The molecule has 42 heavy (non-hydrogen) atoms. The molecule has 0 aliphatic rings. The summed E-state index contributed by atoms with van der Waals surface area (Å²) in [6, 6.07) is 30.2. The van der Waals surface area contributed by atoms with Crippen molar-refractivity contribution in [1.82, 2.24) is 5.32 Å². The summed E-state index contributed by atoms with van der Waals surface area (Å²) in [6.07, 6.45) is 1.60. The predicted molar refractivity (Wildman–Crippen MR) is 167 cm³/mol. The summed E-state index contributed by atoms with van der Waals surface area (Å²) in [4.78, 5) is 39.5. The zero-order valence-corrected chi connectivity index (χ0v) is 24.1. The first-order valence-electron chi connectivity index (χ1n) is 13.2. The van der Waals surface area contributed by atoms with E-state index in [9.17, 15) is 14.4 Å². The van der Waals surface area contributed by atoms with Crippen LogP contribution in [0.2, 0.25) is 0 Å². The molecule has 0 fully saturated rings. The highest BCUT2D eigenvalue weighted by Gasteiger charge is 2.15. The average Bonchev–Trinajstić information content (AvgIpc) is 3.02. The summed E-state index contributed by atoms with van der Waals surface area (Å²) in [6.45, 7) is 2.39. The van der Waals surface area contributed by atoms with Gasteiger partial charge in [-0.15, -0.1) is 11.8 Å². The van der Waals surface area contributed by atoms with E-state index < -0.39 is 11.8 Å². The van der Waals surface area contributed by atoms with Gasteiger partial charge >= 0.3 is 0 Å². The maximum atomic E-state index is 13.3. The van der Waals surface area contributed by atoms with Crippen LogP contribution in [0.3, 0.4) is 0 Å². The van der Waals surface area contributed by atoms with Crippen molar-refractivity contribution in [1.29, 1.82) is 0 Å². The van der Waals surface area contributed by atoms with Crippen LogP contribution in [0.4, 0.5) is 11.4 Å². The van der Waals surface area contributed by atoms with Gasteiger partial charge in [0.25, 0.3) is 11.8 Å². The molecule has 0 atom stereocenters. The molecule has 9 heteroatoms. The summed E-state index contributed by atoms with van der Waals surface area (Å²) >= 11 is 1.37. The number of amides is 3. The van der Waals surface area contributed by atoms with Crippen LogP contribution in [0.1, 0.15) is 22.8 Å². The van der Waals surface area contributed by atoms with Gasteiger partial charge in [0.05, 0.1) is 25.2 Å². The van der Waals surface area contributed by atoms with E-state index >= 15 is 0 Å². The Morgan fingerprint density at radius 1 is 0.810 bits per heavy atom. The fraction of sp³-hybridized carbons (Fsp3) is 0.121. The molecule has 0 spiro atoms. The van der Waals surface area contributed by atoms with Crippen molar-refractivity contribution < 1.29 is 23.9 Å². The van der Waals surface area contributed by atoms with Crippen LogP contribution in [-0.4, -0.2) is 37.2 Å². The fourth-order valence-corrected chi connectivity index (χ4v) is 4.53. The molecular formula is C33H31N3O5S. The first-order valence-corrected chi connectivity index (χ1v) is 14.2. The molecule has 0 unspecified atom stereocenters. The first kappa shape index (κ1) is 30.0. The van der Waals surface area contributed by atoms with Gasteiger partial charge in [-0.25, -0.2) is 0 Å². The van der Waals surface area contributed by atoms with Crippen LogP contribution in [0.25, 0.3) is 6.08 Å². The molecular weight excluding hydrogens is 550 g/mol. The number of thioether (sulfide) groups is 1. The highest BCUT2D eigenvalue weighted by atomic mass is 32.2. The fourth-order valence-electron chi connectivity index (χ4n) is 3.83. The average molecular weight is 582 g/mol. The minimum atomic E-state index is -0.483. The van der Waals surface area contributed by atoms with Crippen molar-refractivity contribution in [3.05, 3.63) is 120 Å². The number of ether oxygens (including phenoxy) is 2. The standard InChI is InChI=1S/C33H31N3O5S/c1-3-41-30-12-8-7-11-28(30)35-31(37)22-42-27-19-15-25(16-20-27)34-33(39)29(21-23-13-17-26(40-2)18-14-23)36-32(38)24-9-5-4-6-10-24/h4-21H,3,22H2,1-2H3,(H,34,39)(H,35,37)(H,36,38)/b29-21-. The van der Waals surface area contributed by atoms with Gasteiger partial charge in [0.1, 0.15) is 17.2 Å². The van der Waals surface area contributed by atoms with Crippen LogP contribution in [0, 0.1) is 0 Å². The Hall–Kier alpha value is -5.02. The lowest BCUT2D eigenvalue weighted by molar-refractivity contribution is -0.114. The Bertz CT molecular complexity index is 1540. The van der Waals surface area contributed by atoms with E-state index in [1.165, 1.54) is 11.8 Å². The van der Waals surface area contributed by atoms with Gasteiger partial charge in [-0.3, -0.25) is 14.4 Å². The second-order valence-electron chi connectivity index (χ2n) is 8.90. The lowest BCUT2D eigenvalue weighted by Crippen LogP contribution is -2.30. The van der Waals surface area contributed by atoms with Gasteiger partial charge in [0.2, 0.25) is 5.91 Å². The van der Waals surface area contributed by atoms with E-state index in [2.05, 4.69) is 16.0 Å². The van der Waals surface area contributed by atoms with Gasteiger partial charge in [0.15, 0.2) is 0 Å². The quantitative estimate of drug-likeness (QED) is 0.135. The molecule has 0 aliphatic heterocycles. The number of carbonyl (C=O) groups is 3. The molecule has 0 heterocycles. The summed E-state index contributed by atoms with van der Waals surface area (Å²) in [5.41, 5.74) is 2.38. The van der Waals surface area contributed by atoms with E-state index in [1.54, 1.807) is 79.9 Å². The van der Waals surface area contributed by atoms with E-state index in [1.807, 2.05) is 43.3 Å². The number of rotatable bonds is 12. The number of nitrogens with one attached hydrogen (secondary N) is 3. The Morgan fingerprint density at radius 2 is 1.50 bits per heavy atom. The van der Waals surface area contributed by atoms with Gasteiger partial charge in [-0.1, -0.05) is 42.5 Å². The molecule has 8 nitrogen and oxygen atoms in total. The van der Waals surface area contributed by atoms with Crippen LogP contribution in [0.15, 0.2) is 114 Å². The smallest absolute Gasteiger partial charge is 0.272 e. The summed E-state index contributed by atoms with van der Waals surface area (Å²) < 4.78 is 10.8. The Labute approximate surface area is 249 Å². The van der Waals surface area contributed by atoms with E-state index in [-0.39, 0.29) is 17.4 Å². The Kier molecular flexibility index (Phi) is 10.8. The molecule has 214 valence electrons. The minimum Gasteiger partial charge on any atom is -0.497 e. The molecule has 0 radical (unpaired) electrons. The minimum absolute atomic E-state index is 0.0801. The van der Waals surface area contributed by atoms with Crippen molar-refractivity contribution in [3.8, 4) is 11.5 Å². The second kappa shape index (κ2) is 15.1. The highest BCUT2D eigenvalue weighted by molar-refractivity contribution is 8.00. The Balaban J connectivity index is 1.40. The van der Waals surface area contributed by atoms with Crippen LogP contribution in [-0.2, 0) is 9.59 Å². The second-order valence-corrected chi connectivity index (χ2v) is 9.94. The molecule has 0 saturated carbocycles. The summed E-state index contributed by atoms with van der Waals surface area (Å²) in [5.74, 6) is 0.456. The zero-order chi connectivity index (χ0) is 29.7. The van der Waals surface area contributed by atoms with Crippen molar-refractivity contribution in [2.45, 2.75) is 11.8 Å². The lowest BCUT2D eigenvalue weighted by atomic mass is 10.1. The third-order valence-electron chi connectivity index (χ3n) is 5.90. The lowest BCUT2D eigenvalue weighted by Gasteiger charge is -2.12. The highest BCUT2D eigenvalue weighted by Crippen LogP contribution is 2.25. The molecule has 0 saturated heterocycles. The van der Waals surface area contributed by atoms with Crippen LogP contribution >= 0.6 is 11.8 Å². The van der Waals surface area contributed by atoms with Crippen LogP contribution < -0.4 is 25.4 Å². The number of methoxy groups -OCH3 is 1. The summed E-state index contributed by atoms with van der Waals surface area (Å²) in [5, 5.41) is 8.44. The van der Waals surface area contributed by atoms with Crippen molar-refractivity contribution >= 4 is 46.9 Å². The molecule has 0 bridgehead atoms. The van der Waals surface area contributed by atoms with Gasteiger partial charge < -0.3 is 25.4 Å². The maximum Gasteiger partial charge on any atom is 0.272 e.